The summed E-state index contributed by atoms with van der Waals surface area (Å²) in [6, 6.07) is 43.6. The predicted octanol–water partition coefficient (Wildman–Crippen LogP) is 6.63. The number of rotatable bonds is 10. The number of carbonyl (C=O) groups is 1. The van der Waals surface area contributed by atoms with Crippen molar-refractivity contribution in [1.29, 1.82) is 0 Å². The molecule has 0 saturated carbocycles. The Kier molecular flexibility index (Phi) is 9.81. The highest BCUT2D eigenvalue weighted by atomic mass is 31.1. The van der Waals surface area contributed by atoms with Gasteiger partial charge in [-0.15, -0.1) is 0 Å². The van der Waals surface area contributed by atoms with Crippen LogP contribution < -0.4 is 21.2 Å². The Morgan fingerprint density at radius 1 is 0.744 bits per heavy atom. The van der Waals surface area contributed by atoms with Gasteiger partial charge in [-0.25, -0.2) is 4.79 Å². The van der Waals surface area contributed by atoms with E-state index in [9.17, 15) is 4.79 Å². The number of likely N-dealkylation sites (tertiary alicyclic amines) is 1. The zero-order chi connectivity index (χ0) is 26.9. The predicted molar refractivity (Wildman–Crippen MR) is 168 cm³/mol. The third-order valence-electron chi connectivity index (χ3n) is 7.31. The van der Waals surface area contributed by atoms with E-state index in [1.165, 1.54) is 21.2 Å². The molecule has 39 heavy (non-hydrogen) atoms. The molecule has 0 aromatic heterocycles. The van der Waals surface area contributed by atoms with Gasteiger partial charge in [-0.05, 0) is 56.1 Å². The van der Waals surface area contributed by atoms with Crippen molar-refractivity contribution in [2.24, 2.45) is 0 Å². The first kappa shape index (κ1) is 27.6. The summed E-state index contributed by atoms with van der Waals surface area (Å²) in [7, 11) is -1.24. The largest absolute Gasteiger partial charge is 0.449 e. The highest BCUT2D eigenvalue weighted by Gasteiger charge is 2.41. The van der Waals surface area contributed by atoms with E-state index in [1.807, 2.05) is 0 Å². The molecule has 1 aliphatic heterocycles. The first-order valence-corrected chi connectivity index (χ1v) is 16.9. The molecule has 1 fully saturated rings. The summed E-state index contributed by atoms with van der Waals surface area (Å²) in [6.45, 7) is 3.35. The van der Waals surface area contributed by atoms with Gasteiger partial charge in [0.1, 0.15) is 0 Å². The molecule has 1 aliphatic rings. The number of unbranched alkanes of at least 4 members (excludes halogenated alkanes) is 1. The van der Waals surface area contributed by atoms with E-state index in [0.29, 0.717) is 12.3 Å². The van der Waals surface area contributed by atoms with Crippen LogP contribution in [0.15, 0.2) is 121 Å². The van der Waals surface area contributed by atoms with E-state index in [2.05, 4.69) is 133 Å². The molecule has 4 aromatic carbocycles. The minimum atomic E-state index is -0.622. The van der Waals surface area contributed by atoms with Crippen molar-refractivity contribution in [3.8, 4) is 0 Å². The highest BCUT2D eigenvalue weighted by Crippen LogP contribution is 2.48. The number of nitrogens with zero attached hydrogens (tertiary/aromatic N) is 1. The van der Waals surface area contributed by atoms with Crippen LogP contribution in [0.3, 0.4) is 0 Å². The maximum Gasteiger partial charge on any atom is 0.410 e. The average molecular weight is 554 g/mol. The Labute approximate surface area is 235 Å². The maximum atomic E-state index is 13.5. The molecule has 1 saturated heterocycles. The van der Waals surface area contributed by atoms with E-state index in [0.717, 1.165) is 32.0 Å². The van der Waals surface area contributed by atoms with Crippen LogP contribution in [0.2, 0.25) is 0 Å². The number of hydrogen-bond donors (Lipinski definition) is 0. The quantitative estimate of drug-likeness (QED) is 0.163. The second-order valence-electron chi connectivity index (χ2n) is 9.99. The number of amides is 1. The normalized spacial score (nSPS) is 17.1. The fourth-order valence-electron chi connectivity index (χ4n) is 5.40. The standard InChI is InChI=1S/C34H37NO2P2/c1-2-3-24-37-34(36)35-26-33(39(31-20-12-6-13-21-31)32-22-14-7-15-23-32)25-28(35)27-38(29-16-8-4-9-17-29)30-18-10-5-11-19-30/h4-23,28,33H,2-3,24-27H2,1H3/t28-,33-/m0/s1. The Morgan fingerprint density at radius 3 is 1.67 bits per heavy atom. The summed E-state index contributed by atoms with van der Waals surface area (Å²) in [5, 5.41) is 5.46. The second-order valence-corrected chi connectivity index (χ2v) is 14.7. The number of hydrogen-bond acceptors (Lipinski definition) is 2. The summed E-state index contributed by atoms with van der Waals surface area (Å²) in [5.74, 6) is 0. The van der Waals surface area contributed by atoms with Crippen molar-refractivity contribution in [1.82, 2.24) is 4.90 Å². The fraction of sp³-hybridized carbons (Fsp3) is 0.265. The zero-order valence-electron chi connectivity index (χ0n) is 22.6. The first-order valence-electron chi connectivity index (χ1n) is 13.9. The van der Waals surface area contributed by atoms with Gasteiger partial charge in [0.2, 0.25) is 0 Å². The number of carbonyl (C=O) groups excluding carboxylic acids is 1. The average Bonchev–Trinajstić information content (AvgIpc) is 3.41. The summed E-state index contributed by atoms with van der Waals surface area (Å²) in [6.07, 6.45) is 3.68. The van der Waals surface area contributed by atoms with E-state index in [-0.39, 0.29) is 12.1 Å². The lowest BCUT2D eigenvalue weighted by atomic mass is 10.2. The highest BCUT2D eigenvalue weighted by molar-refractivity contribution is 7.74. The minimum absolute atomic E-state index is 0.132. The number of ether oxygens (including phenoxy) is 1. The van der Waals surface area contributed by atoms with Crippen LogP contribution in [-0.4, -0.2) is 42.0 Å². The molecule has 200 valence electrons. The van der Waals surface area contributed by atoms with Crippen LogP contribution in [0, 0.1) is 0 Å². The van der Waals surface area contributed by atoms with E-state index < -0.39 is 15.8 Å². The van der Waals surface area contributed by atoms with Crippen molar-refractivity contribution in [3.05, 3.63) is 121 Å². The maximum absolute atomic E-state index is 13.5. The van der Waals surface area contributed by atoms with Gasteiger partial charge in [0, 0.05) is 18.2 Å². The molecule has 2 atom stereocenters. The third-order valence-corrected chi connectivity index (χ3v) is 12.8. The molecule has 0 aliphatic carbocycles. The van der Waals surface area contributed by atoms with Crippen LogP contribution in [0.1, 0.15) is 26.2 Å². The molecular formula is C34H37NO2P2. The number of benzene rings is 4. The SMILES string of the molecule is CCCCOC(=O)N1C[C@@H](P(c2ccccc2)c2ccccc2)C[C@H]1CP(c1ccccc1)c1ccccc1. The minimum Gasteiger partial charge on any atom is -0.449 e. The summed E-state index contributed by atoms with van der Waals surface area (Å²) in [4.78, 5) is 15.6. The van der Waals surface area contributed by atoms with Gasteiger partial charge >= 0.3 is 6.09 Å². The fourth-order valence-corrected chi connectivity index (χ4v) is 10.9. The zero-order valence-corrected chi connectivity index (χ0v) is 24.4. The smallest absolute Gasteiger partial charge is 0.410 e. The molecule has 1 heterocycles. The molecular weight excluding hydrogens is 516 g/mol. The lowest BCUT2D eigenvalue weighted by Crippen LogP contribution is -2.39. The molecule has 0 spiro atoms. The molecule has 0 radical (unpaired) electrons. The van der Waals surface area contributed by atoms with Crippen molar-refractivity contribution >= 4 is 43.2 Å². The lowest BCUT2D eigenvalue weighted by molar-refractivity contribution is 0.0998. The van der Waals surface area contributed by atoms with Gasteiger partial charge < -0.3 is 9.64 Å². The Balaban J connectivity index is 1.48. The Morgan fingerprint density at radius 2 is 1.21 bits per heavy atom. The van der Waals surface area contributed by atoms with Gasteiger partial charge in [0.25, 0.3) is 0 Å². The topological polar surface area (TPSA) is 29.5 Å². The van der Waals surface area contributed by atoms with Gasteiger partial charge in [0.15, 0.2) is 0 Å². The van der Waals surface area contributed by atoms with Crippen molar-refractivity contribution in [2.75, 3.05) is 19.3 Å². The van der Waals surface area contributed by atoms with Gasteiger partial charge in [-0.1, -0.05) is 135 Å². The first-order chi connectivity index (χ1) is 19.2. The van der Waals surface area contributed by atoms with E-state index >= 15 is 0 Å². The van der Waals surface area contributed by atoms with Gasteiger partial charge in [0.05, 0.1) is 6.61 Å². The summed E-state index contributed by atoms with van der Waals surface area (Å²) in [5.41, 5.74) is 0.372. The Bertz CT molecular complexity index is 1210. The molecule has 3 nitrogen and oxygen atoms in total. The van der Waals surface area contributed by atoms with Crippen LogP contribution in [-0.2, 0) is 4.74 Å². The Hall–Kier alpha value is -2.99. The van der Waals surface area contributed by atoms with Crippen LogP contribution in [0.4, 0.5) is 4.79 Å². The van der Waals surface area contributed by atoms with Crippen LogP contribution in [0.5, 0.6) is 0 Å². The van der Waals surface area contributed by atoms with Gasteiger partial charge in [-0.3, -0.25) is 0 Å². The summed E-state index contributed by atoms with van der Waals surface area (Å²) < 4.78 is 5.83. The lowest BCUT2D eigenvalue weighted by Gasteiger charge is -2.28. The molecule has 0 unspecified atom stereocenters. The molecule has 5 rings (SSSR count). The molecule has 0 N–H and O–H groups in total. The summed E-state index contributed by atoms with van der Waals surface area (Å²) >= 11 is 0. The van der Waals surface area contributed by atoms with Crippen LogP contribution >= 0.6 is 15.8 Å². The second kappa shape index (κ2) is 13.9. The molecule has 0 bridgehead atoms. The molecule has 5 heteroatoms. The molecule has 1 amide bonds. The van der Waals surface area contributed by atoms with E-state index in [1.54, 1.807) is 0 Å². The van der Waals surface area contributed by atoms with Gasteiger partial charge in [-0.2, -0.15) is 0 Å². The van der Waals surface area contributed by atoms with Crippen LogP contribution in [0.25, 0.3) is 0 Å². The monoisotopic (exact) mass is 553 g/mol. The van der Waals surface area contributed by atoms with E-state index in [4.69, 9.17) is 4.74 Å². The molecule has 4 aromatic rings. The van der Waals surface area contributed by atoms with Crippen molar-refractivity contribution in [2.45, 2.75) is 37.9 Å². The van der Waals surface area contributed by atoms with Crippen molar-refractivity contribution in [3.63, 3.8) is 0 Å². The third kappa shape index (κ3) is 6.96. The van der Waals surface area contributed by atoms with Crippen molar-refractivity contribution < 1.29 is 9.53 Å².